The lowest BCUT2D eigenvalue weighted by Gasteiger charge is -2.01. The number of fused-ring (bicyclic) bond motifs is 1. The molecule has 0 saturated carbocycles. The Bertz CT molecular complexity index is 999. The molecule has 8 nitrogen and oxygen atoms in total. The van der Waals surface area contributed by atoms with E-state index in [4.69, 9.17) is 0 Å². The Morgan fingerprint density at radius 3 is 2.72 bits per heavy atom. The van der Waals surface area contributed by atoms with Gasteiger partial charge in [0.05, 0.1) is 10.7 Å². The van der Waals surface area contributed by atoms with Crippen LogP contribution in [0.1, 0.15) is 27.3 Å². The number of nitro benzene ring substituents is 1. The third-order valence-corrected chi connectivity index (χ3v) is 4.50. The molecule has 0 unspecified atom stereocenters. The largest absolute Gasteiger partial charge is 0.293 e. The standard InChI is InChI=1S/C16H15N5O3S/c1-9-4-5-12(7-13(9)21(23)24)14(22)8-25-16-18-15-17-10(2)6-11(3)20(15)19-16/h4-7H,8H2,1-3H3. The third-order valence-electron chi connectivity index (χ3n) is 3.66. The van der Waals surface area contributed by atoms with E-state index in [2.05, 4.69) is 15.1 Å². The van der Waals surface area contributed by atoms with E-state index in [1.165, 1.54) is 17.8 Å². The van der Waals surface area contributed by atoms with Crippen molar-refractivity contribution in [2.45, 2.75) is 25.9 Å². The Kier molecular flexibility index (Phi) is 4.49. The van der Waals surface area contributed by atoms with Crippen molar-refractivity contribution in [3.8, 4) is 0 Å². The molecule has 1 aromatic carbocycles. The quantitative estimate of drug-likeness (QED) is 0.299. The summed E-state index contributed by atoms with van der Waals surface area (Å²) in [7, 11) is 0. The summed E-state index contributed by atoms with van der Waals surface area (Å²) in [5.41, 5.74) is 2.52. The molecule has 0 radical (unpaired) electrons. The van der Waals surface area contributed by atoms with Gasteiger partial charge in [-0.15, -0.1) is 5.10 Å². The van der Waals surface area contributed by atoms with Crippen LogP contribution in [-0.4, -0.2) is 36.0 Å². The number of aryl methyl sites for hydroxylation is 3. The maximum atomic E-state index is 12.3. The maximum Gasteiger partial charge on any atom is 0.273 e. The third kappa shape index (κ3) is 3.50. The summed E-state index contributed by atoms with van der Waals surface area (Å²) in [6, 6.07) is 6.38. The predicted octanol–water partition coefficient (Wildman–Crippen LogP) is 2.93. The fourth-order valence-electron chi connectivity index (χ4n) is 2.40. The van der Waals surface area contributed by atoms with Crippen molar-refractivity contribution >= 4 is 29.0 Å². The molecule has 9 heteroatoms. The van der Waals surface area contributed by atoms with Crippen LogP contribution < -0.4 is 0 Å². The van der Waals surface area contributed by atoms with Gasteiger partial charge < -0.3 is 0 Å². The highest BCUT2D eigenvalue weighted by Crippen LogP contribution is 2.22. The van der Waals surface area contributed by atoms with Crippen molar-refractivity contribution in [1.82, 2.24) is 19.6 Å². The number of hydrogen-bond donors (Lipinski definition) is 0. The number of rotatable bonds is 5. The highest BCUT2D eigenvalue weighted by molar-refractivity contribution is 7.99. The molecule has 0 aliphatic rings. The molecular weight excluding hydrogens is 342 g/mol. The van der Waals surface area contributed by atoms with Crippen molar-refractivity contribution in [3.63, 3.8) is 0 Å². The van der Waals surface area contributed by atoms with E-state index in [1.54, 1.807) is 23.6 Å². The Balaban J connectivity index is 1.77. The molecule has 128 valence electrons. The number of nitrogens with zero attached hydrogens (tertiary/aromatic N) is 5. The van der Waals surface area contributed by atoms with Crippen LogP contribution in [0.25, 0.3) is 5.78 Å². The summed E-state index contributed by atoms with van der Waals surface area (Å²) in [4.78, 5) is 31.4. The summed E-state index contributed by atoms with van der Waals surface area (Å²) in [5, 5.41) is 15.8. The minimum absolute atomic E-state index is 0.0583. The average molecular weight is 357 g/mol. The number of thioether (sulfide) groups is 1. The molecule has 0 aliphatic heterocycles. The van der Waals surface area contributed by atoms with Crippen molar-refractivity contribution in [1.29, 1.82) is 0 Å². The van der Waals surface area contributed by atoms with Crippen LogP contribution in [0.3, 0.4) is 0 Å². The van der Waals surface area contributed by atoms with Crippen LogP contribution in [0.2, 0.25) is 0 Å². The number of carbonyl (C=O) groups excluding carboxylic acids is 1. The fraction of sp³-hybridized carbons (Fsp3) is 0.250. The lowest BCUT2D eigenvalue weighted by molar-refractivity contribution is -0.385. The molecule has 0 spiro atoms. The minimum atomic E-state index is -0.486. The first-order valence-corrected chi connectivity index (χ1v) is 8.46. The van der Waals surface area contributed by atoms with Gasteiger partial charge in [0.15, 0.2) is 5.78 Å². The Morgan fingerprint density at radius 2 is 2.00 bits per heavy atom. The number of carbonyl (C=O) groups is 1. The number of Topliss-reactive ketones (excluding diaryl/α,β-unsaturated/α-hetero) is 1. The summed E-state index contributed by atoms with van der Waals surface area (Å²) in [6.07, 6.45) is 0. The SMILES string of the molecule is Cc1cc(C)n2nc(SCC(=O)c3ccc(C)c([N+](=O)[O-])c3)nc2n1. The van der Waals surface area contributed by atoms with Crippen LogP contribution in [0, 0.1) is 30.9 Å². The summed E-state index contributed by atoms with van der Waals surface area (Å²) in [5.74, 6) is 0.362. The van der Waals surface area contributed by atoms with Crippen molar-refractivity contribution in [3.05, 3.63) is 56.9 Å². The monoisotopic (exact) mass is 357 g/mol. The van der Waals surface area contributed by atoms with Gasteiger partial charge >= 0.3 is 0 Å². The molecule has 0 atom stereocenters. The zero-order chi connectivity index (χ0) is 18.1. The van der Waals surface area contributed by atoms with E-state index in [1.807, 2.05) is 19.9 Å². The number of aromatic nitrogens is 4. The molecular formula is C16H15N5O3S. The number of nitro groups is 1. The molecule has 3 rings (SSSR count). The molecule has 3 aromatic rings. The topological polar surface area (TPSA) is 103 Å². The second-order valence-corrected chi connectivity index (χ2v) is 6.56. The minimum Gasteiger partial charge on any atom is -0.293 e. The van der Waals surface area contributed by atoms with Crippen LogP contribution in [-0.2, 0) is 0 Å². The molecule has 2 aromatic heterocycles. The van der Waals surface area contributed by atoms with E-state index < -0.39 is 4.92 Å². The number of ketones is 1. The molecule has 0 bridgehead atoms. The Hall–Kier alpha value is -2.81. The highest BCUT2D eigenvalue weighted by atomic mass is 32.2. The molecule has 0 fully saturated rings. The molecule has 0 saturated heterocycles. The van der Waals surface area contributed by atoms with Gasteiger partial charge in [0.2, 0.25) is 5.16 Å². The van der Waals surface area contributed by atoms with Gasteiger partial charge in [0.1, 0.15) is 0 Å². The zero-order valence-electron chi connectivity index (χ0n) is 13.9. The average Bonchev–Trinajstić information content (AvgIpc) is 2.96. The van der Waals surface area contributed by atoms with Gasteiger partial charge in [-0.3, -0.25) is 14.9 Å². The van der Waals surface area contributed by atoms with Gasteiger partial charge in [-0.1, -0.05) is 23.9 Å². The lowest BCUT2D eigenvalue weighted by Crippen LogP contribution is -2.04. The highest BCUT2D eigenvalue weighted by Gasteiger charge is 2.16. The predicted molar refractivity (Wildman–Crippen MR) is 93.1 cm³/mol. The summed E-state index contributed by atoms with van der Waals surface area (Å²) in [6.45, 7) is 5.42. The van der Waals surface area contributed by atoms with Gasteiger partial charge in [-0.2, -0.15) is 4.98 Å². The van der Waals surface area contributed by atoms with Gasteiger partial charge in [-0.05, 0) is 26.8 Å². The first-order valence-electron chi connectivity index (χ1n) is 7.47. The number of benzene rings is 1. The normalized spacial score (nSPS) is 11.0. The van der Waals surface area contributed by atoms with Gasteiger partial charge in [0.25, 0.3) is 11.5 Å². The summed E-state index contributed by atoms with van der Waals surface area (Å²) < 4.78 is 1.62. The summed E-state index contributed by atoms with van der Waals surface area (Å²) >= 11 is 1.18. The smallest absolute Gasteiger partial charge is 0.273 e. The zero-order valence-corrected chi connectivity index (χ0v) is 14.7. The second-order valence-electron chi connectivity index (χ2n) is 5.62. The molecule has 2 heterocycles. The van der Waals surface area contributed by atoms with E-state index in [0.29, 0.717) is 22.1 Å². The second kappa shape index (κ2) is 6.60. The van der Waals surface area contributed by atoms with E-state index in [-0.39, 0.29) is 17.2 Å². The van der Waals surface area contributed by atoms with Crippen LogP contribution in [0.15, 0.2) is 29.4 Å². The van der Waals surface area contributed by atoms with Gasteiger partial charge in [-0.25, -0.2) is 9.50 Å². The van der Waals surface area contributed by atoms with Crippen LogP contribution in [0.5, 0.6) is 0 Å². The van der Waals surface area contributed by atoms with Crippen molar-refractivity contribution in [2.24, 2.45) is 0 Å². The Labute approximate surface area is 147 Å². The molecule has 0 aliphatic carbocycles. The molecule has 0 amide bonds. The van der Waals surface area contributed by atoms with Crippen LogP contribution in [0.4, 0.5) is 5.69 Å². The maximum absolute atomic E-state index is 12.3. The lowest BCUT2D eigenvalue weighted by atomic mass is 10.1. The first kappa shape index (κ1) is 17.0. The number of hydrogen-bond acceptors (Lipinski definition) is 7. The van der Waals surface area contributed by atoms with E-state index in [9.17, 15) is 14.9 Å². The fourth-order valence-corrected chi connectivity index (χ4v) is 3.11. The van der Waals surface area contributed by atoms with Crippen molar-refractivity contribution in [2.75, 3.05) is 5.75 Å². The molecule has 0 N–H and O–H groups in total. The Morgan fingerprint density at radius 1 is 1.24 bits per heavy atom. The van der Waals surface area contributed by atoms with Crippen LogP contribution >= 0.6 is 11.8 Å². The van der Waals surface area contributed by atoms with Crippen molar-refractivity contribution < 1.29 is 9.72 Å². The first-order chi connectivity index (χ1) is 11.8. The van der Waals surface area contributed by atoms with E-state index in [0.717, 1.165) is 11.4 Å². The molecule has 25 heavy (non-hydrogen) atoms. The van der Waals surface area contributed by atoms with E-state index >= 15 is 0 Å². The van der Waals surface area contributed by atoms with Gasteiger partial charge in [0, 0.05) is 28.6 Å².